The minimum atomic E-state index is -4.39. The summed E-state index contributed by atoms with van der Waals surface area (Å²) >= 11 is 0. The maximum absolute atomic E-state index is 12.2. The third-order valence-electron chi connectivity index (χ3n) is 6.70. The summed E-state index contributed by atoms with van der Waals surface area (Å²) in [4.78, 5) is 12.2. The highest BCUT2D eigenvalue weighted by molar-refractivity contribution is 7.45. The molecule has 1 aromatic carbocycles. The molecule has 2 atom stereocenters. The summed E-state index contributed by atoms with van der Waals surface area (Å²) in [6.45, 7) is 4.06. The number of phosphoric ester groups is 1. The molecule has 1 aromatic rings. The zero-order valence-corrected chi connectivity index (χ0v) is 26.3. The van der Waals surface area contributed by atoms with Crippen LogP contribution in [-0.4, -0.2) is 64.7 Å². The fourth-order valence-corrected chi connectivity index (χ4v) is 4.94. The molecular weight excluding hydrogens is 513 g/mol. The van der Waals surface area contributed by atoms with Gasteiger partial charge in [0.25, 0.3) is 7.82 Å². The number of rotatable bonds is 27. The van der Waals surface area contributed by atoms with E-state index in [1.54, 1.807) is 0 Å². The largest absolute Gasteiger partial charge is 0.756 e. The fraction of sp³-hybridized carbons (Fsp3) is 0.806. The van der Waals surface area contributed by atoms with E-state index in [0.717, 1.165) is 18.4 Å². The van der Waals surface area contributed by atoms with Gasteiger partial charge in [0, 0.05) is 6.61 Å². The summed E-state index contributed by atoms with van der Waals surface area (Å²) < 4.78 is 34.8. The summed E-state index contributed by atoms with van der Waals surface area (Å²) in [5.74, 6) is 0. The molecule has 0 aliphatic rings. The zero-order valence-electron chi connectivity index (χ0n) is 25.5. The fourth-order valence-electron chi connectivity index (χ4n) is 4.21. The molecule has 8 heteroatoms. The Kier molecular flexibility index (Phi) is 21.2. The Morgan fingerprint density at radius 1 is 0.744 bits per heavy atom. The molecular formula is C31H58NO6P. The molecule has 0 heterocycles. The van der Waals surface area contributed by atoms with Crippen molar-refractivity contribution in [2.75, 3.05) is 54.1 Å². The van der Waals surface area contributed by atoms with Crippen LogP contribution in [-0.2, 0) is 29.7 Å². The maximum atomic E-state index is 12.2. The Labute approximate surface area is 239 Å². The number of nitrogens with zero attached hydrogens (tertiary/aromatic N) is 1. The first-order valence-electron chi connectivity index (χ1n) is 15.4. The van der Waals surface area contributed by atoms with Crippen LogP contribution in [0.15, 0.2) is 30.3 Å². The molecule has 0 aliphatic carbocycles. The molecule has 0 radical (unpaired) electrons. The Hall–Kier alpha value is -0.790. The molecule has 0 aliphatic heterocycles. The van der Waals surface area contributed by atoms with Gasteiger partial charge in [-0.3, -0.25) is 4.57 Å². The van der Waals surface area contributed by atoms with E-state index in [1.165, 1.54) is 77.0 Å². The lowest BCUT2D eigenvalue weighted by atomic mass is 10.0. The van der Waals surface area contributed by atoms with Crippen LogP contribution in [0.5, 0.6) is 0 Å². The molecule has 0 N–H and O–H groups in total. The van der Waals surface area contributed by atoms with Crippen molar-refractivity contribution in [2.24, 2.45) is 0 Å². The minimum absolute atomic E-state index is 0.0827. The Balaban J connectivity index is 2.22. The molecule has 0 aromatic heterocycles. The van der Waals surface area contributed by atoms with Gasteiger partial charge in [0.1, 0.15) is 19.3 Å². The molecule has 39 heavy (non-hydrogen) atoms. The van der Waals surface area contributed by atoms with E-state index in [1.807, 2.05) is 51.5 Å². The van der Waals surface area contributed by atoms with E-state index in [0.29, 0.717) is 24.2 Å². The molecule has 7 nitrogen and oxygen atoms in total. The molecule has 0 saturated carbocycles. The average molecular weight is 572 g/mol. The van der Waals surface area contributed by atoms with Crippen LogP contribution in [0.2, 0.25) is 0 Å². The SMILES string of the molecule is CCCCCCCCCCCCCCCCO[C@H](COCc1ccccc1)COP(=O)([O-])OCC[N+](C)(C)C. The van der Waals surface area contributed by atoms with E-state index >= 15 is 0 Å². The first-order chi connectivity index (χ1) is 18.7. The number of benzene rings is 1. The van der Waals surface area contributed by atoms with E-state index in [2.05, 4.69) is 6.92 Å². The zero-order chi connectivity index (χ0) is 28.7. The van der Waals surface area contributed by atoms with Gasteiger partial charge in [-0.25, -0.2) is 0 Å². The highest BCUT2D eigenvalue weighted by Gasteiger charge is 2.18. The second kappa shape index (κ2) is 22.8. The van der Waals surface area contributed by atoms with Crippen molar-refractivity contribution in [3.05, 3.63) is 35.9 Å². The maximum Gasteiger partial charge on any atom is 0.268 e. The second-order valence-corrected chi connectivity index (χ2v) is 13.1. The van der Waals surface area contributed by atoms with Crippen LogP contribution in [0.1, 0.15) is 102 Å². The van der Waals surface area contributed by atoms with Crippen molar-refractivity contribution in [1.82, 2.24) is 0 Å². The van der Waals surface area contributed by atoms with Crippen LogP contribution < -0.4 is 4.89 Å². The van der Waals surface area contributed by atoms with Gasteiger partial charge >= 0.3 is 0 Å². The first-order valence-corrected chi connectivity index (χ1v) is 16.8. The molecule has 0 spiro atoms. The lowest BCUT2D eigenvalue weighted by Crippen LogP contribution is -2.37. The van der Waals surface area contributed by atoms with Crippen molar-refractivity contribution in [1.29, 1.82) is 0 Å². The molecule has 228 valence electrons. The van der Waals surface area contributed by atoms with Crippen molar-refractivity contribution >= 4 is 7.82 Å². The summed E-state index contributed by atoms with van der Waals surface area (Å²) in [5.41, 5.74) is 1.06. The molecule has 0 bridgehead atoms. The second-order valence-electron chi connectivity index (χ2n) is 11.7. The van der Waals surface area contributed by atoms with Crippen molar-refractivity contribution in [3.63, 3.8) is 0 Å². The summed E-state index contributed by atoms with van der Waals surface area (Å²) in [6.07, 6.45) is 17.8. The highest BCUT2D eigenvalue weighted by atomic mass is 31.2. The third-order valence-corrected chi connectivity index (χ3v) is 7.66. The van der Waals surface area contributed by atoms with E-state index in [-0.39, 0.29) is 19.8 Å². The van der Waals surface area contributed by atoms with Crippen LogP contribution in [0.3, 0.4) is 0 Å². The van der Waals surface area contributed by atoms with Gasteiger partial charge in [0.2, 0.25) is 0 Å². The smallest absolute Gasteiger partial charge is 0.268 e. The molecule has 1 rings (SSSR count). The van der Waals surface area contributed by atoms with Crippen molar-refractivity contribution in [2.45, 2.75) is 110 Å². The van der Waals surface area contributed by atoms with Gasteiger partial charge in [-0.15, -0.1) is 0 Å². The third kappa shape index (κ3) is 23.6. The van der Waals surface area contributed by atoms with E-state index < -0.39 is 13.9 Å². The number of likely N-dealkylation sites (N-methyl/N-ethyl adjacent to an activating group) is 1. The van der Waals surface area contributed by atoms with E-state index in [9.17, 15) is 9.46 Å². The number of hydrogen-bond acceptors (Lipinski definition) is 6. The topological polar surface area (TPSA) is 77.1 Å². The monoisotopic (exact) mass is 571 g/mol. The van der Waals surface area contributed by atoms with Gasteiger partial charge in [-0.1, -0.05) is 121 Å². The highest BCUT2D eigenvalue weighted by Crippen LogP contribution is 2.38. The van der Waals surface area contributed by atoms with Gasteiger partial charge in [-0.2, -0.15) is 0 Å². The van der Waals surface area contributed by atoms with Crippen molar-refractivity contribution in [3.8, 4) is 0 Å². The number of unbranched alkanes of at least 4 members (excludes halogenated alkanes) is 13. The van der Waals surface area contributed by atoms with E-state index in [4.69, 9.17) is 18.5 Å². The Bertz CT molecular complexity index is 728. The van der Waals surface area contributed by atoms with Gasteiger partial charge in [0.05, 0.1) is 41.0 Å². The predicted octanol–water partition coefficient (Wildman–Crippen LogP) is 7.28. The van der Waals surface area contributed by atoms with Crippen LogP contribution in [0.4, 0.5) is 0 Å². The average Bonchev–Trinajstić information content (AvgIpc) is 2.89. The standard InChI is InChI=1S/C31H58NO6P/c1-5-6-7-8-9-10-11-12-13-14-15-16-17-21-25-36-31(28-35-27-30-22-19-18-20-23-30)29-38-39(33,34)37-26-24-32(2,3)4/h18-20,22-23,31H,5-17,21,24-29H2,1-4H3/t31-/m1/s1. The first kappa shape index (κ1) is 36.2. The molecule has 1 unspecified atom stereocenters. The summed E-state index contributed by atoms with van der Waals surface area (Å²) in [5, 5.41) is 0. The molecule has 0 saturated heterocycles. The van der Waals surface area contributed by atoms with Crippen molar-refractivity contribution < 1.29 is 32.5 Å². The quantitative estimate of drug-likeness (QED) is 0.0628. The Morgan fingerprint density at radius 2 is 1.28 bits per heavy atom. The number of ether oxygens (including phenoxy) is 2. The molecule has 0 amide bonds. The normalized spacial score (nSPS) is 14.4. The number of hydrogen-bond donors (Lipinski definition) is 0. The summed E-state index contributed by atoms with van der Waals surface area (Å²) in [6, 6.07) is 9.88. The van der Waals surface area contributed by atoms with Gasteiger partial charge < -0.3 is 27.9 Å². The van der Waals surface area contributed by atoms with Crippen LogP contribution in [0.25, 0.3) is 0 Å². The van der Waals surface area contributed by atoms with Crippen LogP contribution in [0, 0.1) is 0 Å². The number of quaternary nitrogens is 1. The summed E-state index contributed by atoms with van der Waals surface area (Å²) in [7, 11) is 1.54. The lowest BCUT2D eigenvalue weighted by Gasteiger charge is -2.28. The van der Waals surface area contributed by atoms with Gasteiger partial charge in [0.15, 0.2) is 0 Å². The van der Waals surface area contributed by atoms with Gasteiger partial charge in [-0.05, 0) is 12.0 Å². The van der Waals surface area contributed by atoms with Crippen LogP contribution >= 0.6 is 7.82 Å². The minimum Gasteiger partial charge on any atom is -0.756 e. The Morgan fingerprint density at radius 3 is 1.82 bits per heavy atom. The number of phosphoric acid groups is 1. The lowest BCUT2D eigenvalue weighted by molar-refractivity contribution is -0.870. The predicted molar refractivity (Wildman–Crippen MR) is 159 cm³/mol. The molecule has 0 fully saturated rings.